The smallest absolute Gasteiger partial charge is 0.222 e. The van der Waals surface area contributed by atoms with Crippen LogP contribution >= 0.6 is 12.4 Å². The highest BCUT2D eigenvalue weighted by molar-refractivity contribution is 5.85. The van der Waals surface area contributed by atoms with E-state index in [2.05, 4.69) is 17.1 Å². The van der Waals surface area contributed by atoms with Crippen molar-refractivity contribution in [2.45, 2.75) is 64.0 Å². The summed E-state index contributed by atoms with van der Waals surface area (Å²) in [5, 5.41) is 3.61. The first-order chi connectivity index (χ1) is 7.79. The molecule has 2 unspecified atom stereocenters. The molecule has 3 nitrogen and oxygen atoms in total. The van der Waals surface area contributed by atoms with Gasteiger partial charge in [-0.2, -0.15) is 0 Å². The fourth-order valence-electron chi connectivity index (χ4n) is 2.85. The number of hydrogen-bond acceptors (Lipinski definition) is 2. The van der Waals surface area contributed by atoms with Crippen LogP contribution in [0.2, 0.25) is 0 Å². The van der Waals surface area contributed by atoms with Crippen molar-refractivity contribution in [2.24, 2.45) is 0 Å². The van der Waals surface area contributed by atoms with Crippen LogP contribution in [0.5, 0.6) is 0 Å². The van der Waals surface area contributed by atoms with Gasteiger partial charge in [0.15, 0.2) is 0 Å². The van der Waals surface area contributed by atoms with Crippen molar-refractivity contribution in [3.05, 3.63) is 0 Å². The summed E-state index contributed by atoms with van der Waals surface area (Å²) in [7, 11) is 0. The van der Waals surface area contributed by atoms with Crippen LogP contribution in [0.4, 0.5) is 0 Å². The Kier molecular flexibility index (Phi) is 6.28. The quantitative estimate of drug-likeness (QED) is 0.787. The SMILES string of the molecule is CCCCCC(=O)N1CCC2CCC(C1)N2.Cl. The fraction of sp³-hybridized carbons (Fsp3) is 0.923. The van der Waals surface area contributed by atoms with Gasteiger partial charge in [0.2, 0.25) is 5.91 Å². The summed E-state index contributed by atoms with van der Waals surface area (Å²) in [4.78, 5) is 14.1. The predicted octanol–water partition coefficient (Wildman–Crippen LogP) is 2.34. The maximum absolute atomic E-state index is 12.0. The summed E-state index contributed by atoms with van der Waals surface area (Å²) in [6.45, 7) is 4.10. The number of nitrogens with zero attached hydrogens (tertiary/aromatic N) is 1. The van der Waals surface area contributed by atoms with Crippen LogP contribution in [-0.2, 0) is 4.79 Å². The Morgan fingerprint density at radius 1 is 1.24 bits per heavy atom. The van der Waals surface area contributed by atoms with Gasteiger partial charge in [-0.1, -0.05) is 19.8 Å². The summed E-state index contributed by atoms with van der Waals surface area (Å²) in [6, 6.07) is 1.25. The van der Waals surface area contributed by atoms with E-state index in [1.165, 1.54) is 25.7 Å². The number of amides is 1. The van der Waals surface area contributed by atoms with E-state index in [-0.39, 0.29) is 12.4 Å². The highest BCUT2D eigenvalue weighted by atomic mass is 35.5. The van der Waals surface area contributed by atoms with Crippen molar-refractivity contribution < 1.29 is 4.79 Å². The monoisotopic (exact) mass is 260 g/mol. The molecular formula is C13H25ClN2O. The molecular weight excluding hydrogens is 236 g/mol. The molecule has 0 aromatic heterocycles. The normalized spacial score (nSPS) is 27.5. The van der Waals surface area contributed by atoms with Gasteiger partial charge in [-0.3, -0.25) is 4.79 Å². The van der Waals surface area contributed by atoms with Gasteiger partial charge in [0, 0.05) is 31.6 Å². The first-order valence-corrected chi connectivity index (χ1v) is 6.83. The average Bonchev–Trinajstić information content (AvgIpc) is 2.58. The van der Waals surface area contributed by atoms with Crippen LogP contribution in [0.25, 0.3) is 0 Å². The van der Waals surface area contributed by atoms with Crippen LogP contribution < -0.4 is 5.32 Å². The topological polar surface area (TPSA) is 32.3 Å². The third kappa shape index (κ3) is 4.14. The number of carbonyl (C=O) groups excluding carboxylic acids is 1. The van der Waals surface area contributed by atoms with Gasteiger partial charge in [-0.25, -0.2) is 0 Å². The Morgan fingerprint density at radius 3 is 2.76 bits per heavy atom. The molecule has 2 bridgehead atoms. The van der Waals surface area contributed by atoms with Gasteiger partial charge in [0.05, 0.1) is 0 Å². The number of fused-ring (bicyclic) bond motifs is 2. The molecule has 2 fully saturated rings. The van der Waals surface area contributed by atoms with Crippen molar-refractivity contribution in [1.29, 1.82) is 0 Å². The molecule has 2 heterocycles. The van der Waals surface area contributed by atoms with Crippen LogP contribution in [-0.4, -0.2) is 36.0 Å². The molecule has 2 aliphatic heterocycles. The summed E-state index contributed by atoms with van der Waals surface area (Å²) in [5.41, 5.74) is 0. The second kappa shape index (κ2) is 7.22. The Balaban J connectivity index is 0.00000144. The predicted molar refractivity (Wildman–Crippen MR) is 72.5 cm³/mol. The number of halogens is 1. The molecule has 0 saturated carbocycles. The van der Waals surface area contributed by atoms with Crippen molar-refractivity contribution in [1.82, 2.24) is 10.2 Å². The Morgan fingerprint density at radius 2 is 2.00 bits per heavy atom. The number of carbonyl (C=O) groups is 1. The molecule has 1 N–H and O–H groups in total. The zero-order chi connectivity index (χ0) is 11.4. The zero-order valence-electron chi connectivity index (χ0n) is 10.8. The van der Waals surface area contributed by atoms with Gasteiger partial charge < -0.3 is 10.2 Å². The summed E-state index contributed by atoms with van der Waals surface area (Å²) >= 11 is 0. The Hall–Kier alpha value is -0.280. The second-order valence-corrected chi connectivity index (χ2v) is 5.22. The highest BCUT2D eigenvalue weighted by Gasteiger charge is 2.30. The minimum Gasteiger partial charge on any atom is -0.341 e. The van der Waals surface area contributed by atoms with E-state index in [0.29, 0.717) is 18.0 Å². The summed E-state index contributed by atoms with van der Waals surface area (Å²) in [6.07, 6.45) is 7.91. The van der Waals surface area contributed by atoms with Gasteiger partial charge in [-0.15, -0.1) is 12.4 Å². The molecule has 2 saturated heterocycles. The van der Waals surface area contributed by atoms with Gasteiger partial charge in [0.1, 0.15) is 0 Å². The lowest BCUT2D eigenvalue weighted by atomic mass is 10.1. The van der Waals surface area contributed by atoms with Crippen molar-refractivity contribution in [2.75, 3.05) is 13.1 Å². The standard InChI is InChI=1S/C13H24N2O.ClH/c1-2-3-4-5-13(16)15-9-8-11-6-7-12(10-15)14-11;/h11-12,14H,2-10H2,1H3;1H. The average molecular weight is 261 g/mol. The molecule has 2 aliphatic rings. The van der Waals surface area contributed by atoms with Crippen molar-refractivity contribution in [3.63, 3.8) is 0 Å². The molecule has 0 spiro atoms. The highest BCUT2D eigenvalue weighted by Crippen LogP contribution is 2.21. The van der Waals surface area contributed by atoms with Crippen LogP contribution in [0, 0.1) is 0 Å². The van der Waals surface area contributed by atoms with E-state index in [1.54, 1.807) is 0 Å². The van der Waals surface area contributed by atoms with E-state index >= 15 is 0 Å². The first kappa shape index (κ1) is 14.8. The maximum atomic E-state index is 12.0. The van der Waals surface area contributed by atoms with E-state index in [4.69, 9.17) is 0 Å². The van der Waals surface area contributed by atoms with Gasteiger partial charge in [-0.05, 0) is 25.7 Å². The number of hydrogen-bond donors (Lipinski definition) is 1. The molecule has 0 aliphatic carbocycles. The van der Waals surface area contributed by atoms with Crippen molar-refractivity contribution >= 4 is 18.3 Å². The largest absolute Gasteiger partial charge is 0.341 e. The lowest BCUT2D eigenvalue weighted by Crippen LogP contribution is -2.38. The lowest BCUT2D eigenvalue weighted by Gasteiger charge is -2.24. The molecule has 0 aromatic carbocycles. The molecule has 2 rings (SSSR count). The van der Waals surface area contributed by atoms with Crippen LogP contribution in [0.15, 0.2) is 0 Å². The zero-order valence-corrected chi connectivity index (χ0v) is 11.6. The summed E-state index contributed by atoms with van der Waals surface area (Å²) < 4.78 is 0. The van der Waals surface area contributed by atoms with E-state index in [1.807, 2.05) is 0 Å². The molecule has 1 amide bonds. The number of nitrogens with one attached hydrogen (secondary N) is 1. The number of rotatable bonds is 4. The van der Waals surface area contributed by atoms with Crippen LogP contribution in [0.3, 0.4) is 0 Å². The molecule has 100 valence electrons. The molecule has 2 atom stereocenters. The molecule has 0 aromatic rings. The Bertz CT molecular complexity index is 248. The third-order valence-corrected chi connectivity index (χ3v) is 3.87. The maximum Gasteiger partial charge on any atom is 0.222 e. The summed E-state index contributed by atoms with van der Waals surface area (Å²) in [5.74, 6) is 0.378. The fourth-order valence-corrected chi connectivity index (χ4v) is 2.85. The first-order valence-electron chi connectivity index (χ1n) is 6.83. The minimum atomic E-state index is 0. The van der Waals surface area contributed by atoms with E-state index in [9.17, 15) is 4.79 Å². The van der Waals surface area contributed by atoms with Gasteiger partial charge >= 0.3 is 0 Å². The van der Waals surface area contributed by atoms with E-state index < -0.39 is 0 Å². The van der Waals surface area contributed by atoms with Crippen LogP contribution in [0.1, 0.15) is 51.9 Å². The molecule has 4 heteroatoms. The van der Waals surface area contributed by atoms with Gasteiger partial charge in [0.25, 0.3) is 0 Å². The minimum absolute atomic E-state index is 0. The van der Waals surface area contributed by atoms with E-state index in [0.717, 1.165) is 32.4 Å². The molecule has 0 radical (unpaired) electrons. The Labute approximate surface area is 111 Å². The molecule has 17 heavy (non-hydrogen) atoms. The number of unbranched alkanes of at least 4 members (excludes halogenated alkanes) is 2. The lowest BCUT2D eigenvalue weighted by molar-refractivity contribution is -0.131. The third-order valence-electron chi connectivity index (χ3n) is 3.87. The van der Waals surface area contributed by atoms with Crippen molar-refractivity contribution in [3.8, 4) is 0 Å². The second-order valence-electron chi connectivity index (χ2n) is 5.22. The number of likely N-dealkylation sites (tertiary alicyclic amines) is 1.